The van der Waals surface area contributed by atoms with Crippen molar-refractivity contribution in [2.24, 2.45) is 0 Å². The van der Waals surface area contributed by atoms with E-state index in [4.69, 9.17) is 0 Å². The van der Waals surface area contributed by atoms with Gasteiger partial charge in [0.15, 0.2) is 0 Å². The highest BCUT2D eigenvalue weighted by Crippen LogP contribution is 2.12. The molecule has 0 spiro atoms. The smallest absolute Gasteiger partial charge is 0.242 e. The van der Waals surface area contributed by atoms with E-state index in [1.54, 1.807) is 0 Å². The Morgan fingerprint density at radius 3 is 2.82 bits per heavy atom. The molecule has 1 aromatic heterocycles. The minimum atomic E-state index is -0.394. The monoisotopic (exact) mass is 306 g/mol. The van der Waals surface area contributed by atoms with Gasteiger partial charge in [-0.3, -0.25) is 9.59 Å². The van der Waals surface area contributed by atoms with Crippen LogP contribution in [0.1, 0.15) is 18.7 Å². The fraction of sp³-hybridized carbons (Fsp3) is 0.571. The lowest BCUT2D eigenvalue weighted by Gasteiger charge is -2.14. The normalized spacial score (nSPS) is 17.0. The molecule has 3 N–H and O–H groups in total. The molecule has 1 aliphatic heterocycles. The molecule has 0 radical (unpaired) electrons. The summed E-state index contributed by atoms with van der Waals surface area (Å²) in [6.07, 6.45) is 0.985. The van der Waals surface area contributed by atoms with Crippen LogP contribution in [0.3, 0.4) is 0 Å². The average Bonchev–Trinajstić information content (AvgIpc) is 2.89. The lowest BCUT2D eigenvalue weighted by Crippen LogP contribution is -2.43. The number of aryl methyl sites for hydroxylation is 1. The molecule has 2 rings (SSSR count). The zero-order chi connectivity index (χ0) is 16.1. The molecule has 8 heteroatoms. The molecule has 1 aromatic rings. The Morgan fingerprint density at radius 1 is 1.41 bits per heavy atom. The van der Waals surface area contributed by atoms with Crippen LogP contribution in [-0.4, -0.2) is 55.0 Å². The summed E-state index contributed by atoms with van der Waals surface area (Å²) in [6.45, 7) is 2.85. The quantitative estimate of drug-likeness (QED) is 0.622. The van der Waals surface area contributed by atoms with Gasteiger partial charge < -0.3 is 20.9 Å². The summed E-state index contributed by atoms with van der Waals surface area (Å²) in [5.41, 5.74) is 0. The van der Waals surface area contributed by atoms with Crippen molar-refractivity contribution in [2.75, 3.05) is 37.4 Å². The highest BCUT2D eigenvalue weighted by molar-refractivity contribution is 5.90. The van der Waals surface area contributed by atoms with Crippen molar-refractivity contribution in [1.29, 1.82) is 0 Å². The fourth-order valence-electron chi connectivity index (χ4n) is 2.18. The molecule has 1 aliphatic rings. The number of hydrogen-bond donors (Lipinski definition) is 3. The first-order chi connectivity index (χ1) is 10.5. The minimum absolute atomic E-state index is 0.0639. The minimum Gasteiger partial charge on any atom is -0.368 e. The summed E-state index contributed by atoms with van der Waals surface area (Å²) >= 11 is 0. The van der Waals surface area contributed by atoms with Crippen molar-refractivity contribution in [3.8, 4) is 0 Å². The van der Waals surface area contributed by atoms with E-state index in [1.165, 1.54) is 0 Å². The molecule has 0 bridgehead atoms. The van der Waals surface area contributed by atoms with Gasteiger partial charge in [0, 0.05) is 39.7 Å². The third-order valence-corrected chi connectivity index (χ3v) is 3.32. The number of nitrogens with one attached hydrogen (secondary N) is 3. The van der Waals surface area contributed by atoms with E-state index in [9.17, 15) is 9.59 Å². The molecule has 22 heavy (non-hydrogen) atoms. The van der Waals surface area contributed by atoms with Crippen LogP contribution >= 0.6 is 0 Å². The predicted octanol–water partition coefficient (Wildman–Crippen LogP) is -0.342. The maximum absolute atomic E-state index is 11.8. The first-order valence-electron chi connectivity index (χ1n) is 7.29. The van der Waals surface area contributed by atoms with Gasteiger partial charge in [-0.15, -0.1) is 0 Å². The molecular formula is C14H22N6O2. The van der Waals surface area contributed by atoms with Crippen LogP contribution in [-0.2, 0) is 9.59 Å². The van der Waals surface area contributed by atoms with Crippen molar-refractivity contribution >= 4 is 23.5 Å². The third kappa shape index (κ3) is 4.31. The van der Waals surface area contributed by atoms with E-state index in [2.05, 4.69) is 25.9 Å². The van der Waals surface area contributed by atoms with Gasteiger partial charge in [0.2, 0.25) is 11.8 Å². The Balaban J connectivity index is 1.77. The number of carbonyl (C=O) groups is 2. The molecule has 1 fully saturated rings. The Kier molecular flexibility index (Phi) is 5.13. The zero-order valence-corrected chi connectivity index (χ0v) is 13.1. The third-order valence-electron chi connectivity index (χ3n) is 3.32. The van der Waals surface area contributed by atoms with Crippen molar-refractivity contribution < 1.29 is 9.59 Å². The number of amides is 2. The van der Waals surface area contributed by atoms with Crippen molar-refractivity contribution in [3.63, 3.8) is 0 Å². The molecule has 0 aromatic carbocycles. The lowest BCUT2D eigenvalue weighted by molar-refractivity contribution is -0.125. The second kappa shape index (κ2) is 7.06. The molecule has 120 valence electrons. The maximum atomic E-state index is 11.8. The van der Waals surface area contributed by atoms with Crippen LogP contribution in [0.25, 0.3) is 0 Å². The summed E-state index contributed by atoms with van der Waals surface area (Å²) in [5, 5.41) is 8.60. The molecule has 0 aliphatic carbocycles. The van der Waals surface area contributed by atoms with Gasteiger partial charge in [-0.1, -0.05) is 0 Å². The first-order valence-corrected chi connectivity index (χ1v) is 7.29. The number of carbonyl (C=O) groups excluding carboxylic acids is 2. The molecule has 8 nitrogen and oxygen atoms in total. The Bertz CT molecular complexity index is 560. The molecule has 0 saturated carbocycles. The largest absolute Gasteiger partial charge is 0.368 e. The average molecular weight is 306 g/mol. The van der Waals surface area contributed by atoms with Gasteiger partial charge in [0.05, 0.1) is 0 Å². The second-order valence-electron chi connectivity index (χ2n) is 5.43. The standard InChI is InChI=1S/C14H22N6O2/c1-9-17-11(8-12(18-9)20(2)3)15-6-7-16-14(22)10-4-5-13(21)19-10/h8,10H,4-7H2,1-3H3,(H,16,22)(H,19,21)(H,15,17,18). The van der Waals surface area contributed by atoms with Crippen molar-refractivity contribution in [2.45, 2.75) is 25.8 Å². The van der Waals surface area contributed by atoms with Crippen LogP contribution in [0.5, 0.6) is 0 Å². The van der Waals surface area contributed by atoms with Gasteiger partial charge in [-0.25, -0.2) is 9.97 Å². The molecule has 2 amide bonds. The van der Waals surface area contributed by atoms with Crippen LogP contribution in [0.2, 0.25) is 0 Å². The van der Waals surface area contributed by atoms with E-state index in [0.717, 1.165) is 11.6 Å². The number of hydrogen-bond acceptors (Lipinski definition) is 6. The molecule has 1 saturated heterocycles. The predicted molar refractivity (Wildman–Crippen MR) is 83.8 cm³/mol. The highest BCUT2D eigenvalue weighted by Gasteiger charge is 2.26. The van der Waals surface area contributed by atoms with Crippen LogP contribution in [0.15, 0.2) is 6.07 Å². The van der Waals surface area contributed by atoms with Gasteiger partial charge in [-0.05, 0) is 13.3 Å². The molecule has 1 unspecified atom stereocenters. The number of aromatic nitrogens is 2. The molecule has 2 heterocycles. The van der Waals surface area contributed by atoms with Gasteiger partial charge in [-0.2, -0.15) is 0 Å². The topological polar surface area (TPSA) is 99.2 Å². The van der Waals surface area contributed by atoms with E-state index in [0.29, 0.717) is 31.8 Å². The van der Waals surface area contributed by atoms with Crippen molar-refractivity contribution in [1.82, 2.24) is 20.6 Å². The molecular weight excluding hydrogens is 284 g/mol. The first kappa shape index (κ1) is 16.0. The van der Waals surface area contributed by atoms with Crippen LogP contribution < -0.4 is 20.9 Å². The second-order valence-corrected chi connectivity index (χ2v) is 5.43. The van der Waals surface area contributed by atoms with E-state index < -0.39 is 6.04 Å². The summed E-state index contributed by atoms with van der Waals surface area (Å²) < 4.78 is 0. The van der Waals surface area contributed by atoms with Gasteiger partial charge >= 0.3 is 0 Å². The SMILES string of the molecule is Cc1nc(NCCNC(=O)C2CCC(=O)N2)cc(N(C)C)n1. The summed E-state index contributed by atoms with van der Waals surface area (Å²) in [6, 6.07) is 1.46. The summed E-state index contributed by atoms with van der Waals surface area (Å²) in [5.74, 6) is 2.03. The maximum Gasteiger partial charge on any atom is 0.242 e. The Hall–Kier alpha value is -2.38. The lowest BCUT2D eigenvalue weighted by atomic mass is 10.2. The Labute approximate surface area is 129 Å². The summed E-state index contributed by atoms with van der Waals surface area (Å²) in [7, 11) is 3.84. The van der Waals surface area contributed by atoms with E-state index in [1.807, 2.05) is 32.0 Å². The summed E-state index contributed by atoms with van der Waals surface area (Å²) in [4.78, 5) is 33.4. The fourth-order valence-corrected chi connectivity index (χ4v) is 2.18. The molecule has 1 atom stereocenters. The highest BCUT2D eigenvalue weighted by atomic mass is 16.2. The van der Waals surface area contributed by atoms with Crippen molar-refractivity contribution in [3.05, 3.63) is 11.9 Å². The van der Waals surface area contributed by atoms with Crippen LogP contribution in [0.4, 0.5) is 11.6 Å². The number of anilines is 2. The van der Waals surface area contributed by atoms with E-state index in [-0.39, 0.29) is 11.8 Å². The van der Waals surface area contributed by atoms with Gasteiger partial charge in [0.25, 0.3) is 0 Å². The van der Waals surface area contributed by atoms with Gasteiger partial charge in [0.1, 0.15) is 23.5 Å². The van der Waals surface area contributed by atoms with E-state index >= 15 is 0 Å². The Morgan fingerprint density at radius 2 is 2.18 bits per heavy atom. The number of nitrogens with zero attached hydrogens (tertiary/aromatic N) is 3. The van der Waals surface area contributed by atoms with Crippen LogP contribution in [0, 0.1) is 6.92 Å². The zero-order valence-electron chi connectivity index (χ0n) is 13.1. The number of rotatable bonds is 6.